The van der Waals surface area contributed by atoms with E-state index in [4.69, 9.17) is 10.5 Å². The molecule has 0 aromatic heterocycles. The molecule has 9 unspecified atom stereocenters. The number of ketones is 2. The molecule has 5 rings (SSSR count). The first-order valence-corrected chi connectivity index (χ1v) is 16.6. The lowest BCUT2D eigenvalue weighted by Crippen LogP contribution is -2.56. The first-order chi connectivity index (χ1) is 19.6. The highest BCUT2D eigenvalue weighted by Crippen LogP contribution is 2.68. The molecule has 6 heteroatoms. The molecule has 4 saturated carbocycles. The number of fused-ring (bicyclic) bond motifs is 7. The molecule has 0 bridgehead atoms. The lowest BCUT2D eigenvalue weighted by Gasteiger charge is -2.62. The number of carbonyl (C=O) groups excluding carboxylic acids is 4. The van der Waals surface area contributed by atoms with E-state index in [-0.39, 0.29) is 41.4 Å². The Morgan fingerprint density at radius 2 is 1.74 bits per heavy atom. The van der Waals surface area contributed by atoms with E-state index in [1.54, 1.807) is 26.8 Å². The summed E-state index contributed by atoms with van der Waals surface area (Å²) in [5, 5.41) is 0. The predicted octanol–water partition coefficient (Wildman–Crippen LogP) is 6.76. The van der Waals surface area contributed by atoms with Crippen LogP contribution in [0, 0.1) is 57.7 Å². The Bertz CT molecular complexity index is 1210. The Balaban J connectivity index is 1.39. The molecule has 0 amide bonds. The van der Waals surface area contributed by atoms with Crippen LogP contribution in [0.15, 0.2) is 22.9 Å². The quantitative estimate of drug-likeness (QED) is 0.203. The van der Waals surface area contributed by atoms with Gasteiger partial charge in [0.25, 0.3) is 0 Å². The van der Waals surface area contributed by atoms with Gasteiger partial charge in [-0.05, 0) is 116 Å². The lowest BCUT2D eigenvalue weighted by molar-refractivity contribution is -0.173. The van der Waals surface area contributed by atoms with Crippen LogP contribution in [0.5, 0.6) is 0 Å². The highest BCUT2D eigenvalue weighted by molar-refractivity contribution is 6.01. The molecule has 9 atom stereocenters. The summed E-state index contributed by atoms with van der Waals surface area (Å²) in [5.74, 6) is 3.04. The molecule has 0 heterocycles. The minimum absolute atomic E-state index is 0.0494. The molecule has 0 aromatic rings. The summed E-state index contributed by atoms with van der Waals surface area (Å²) < 4.78 is 6.03. The maximum absolute atomic E-state index is 13.5. The summed E-state index contributed by atoms with van der Waals surface area (Å²) in [5.41, 5.74) is 8.64. The summed E-state index contributed by atoms with van der Waals surface area (Å²) in [6, 6.07) is 0. The van der Waals surface area contributed by atoms with Gasteiger partial charge < -0.3 is 15.3 Å². The van der Waals surface area contributed by atoms with Crippen molar-refractivity contribution in [3.05, 3.63) is 22.9 Å². The zero-order valence-corrected chi connectivity index (χ0v) is 27.0. The van der Waals surface area contributed by atoms with Crippen LogP contribution < -0.4 is 5.73 Å². The van der Waals surface area contributed by atoms with E-state index in [2.05, 4.69) is 27.7 Å². The maximum atomic E-state index is 13.5. The van der Waals surface area contributed by atoms with Gasteiger partial charge in [-0.1, -0.05) is 41.5 Å². The highest BCUT2D eigenvalue weighted by atomic mass is 16.5. The summed E-state index contributed by atoms with van der Waals surface area (Å²) >= 11 is 0. The third-order valence-electron chi connectivity index (χ3n) is 12.6. The molecule has 0 aromatic carbocycles. The van der Waals surface area contributed by atoms with Crippen LogP contribution >= 0.6 is 0 Å². The second-order valence-electron chi connectivity index (χ2n) is 15.9. The first-order valence-electron chi connectivity index (χ1n) is 16.6. The van der Waals surface area contributed by atoms with E-state index in [0.29, 0.717) is 47.6 Å². The van der Waals surface area contributed by atoms with Crippen LogP contribution in [0.4, 0.5) is 0 Å². The monoisotopic (exact) mass is 579 g/mol. The molecule has 0 spiro atoms. The third-order valence-corrected chi connectivity index (χ3v) is 12.6. The van der Waals surface area contributed by atoms with Gasteiger partial charge in [0.05, 0.1) is 6.42 Å². The van der Waals surface area contributed by atoms with Crippen molar-refractivity contribution in [3.8, 4) is 0 Å². The number of Topliss-reactive ketones (excluding diaryl/α,β-unsaturated/α-hetero) is 1. The van der Waals surface area contributed by atoms with Crippen molar-refractivity contribution in [3.63, 3.8) is 0 Å². The van der Waals surface area contributed by atoms with Crippen molar-refractivity contribution in [2.75, 3.05) is 0 Å². The van der Waals surface area contributed by atoms with E-state index in [1.807, 2.05) is 0 Å². The fourth-order valence-corrected chi connectivity index (χ4v) is 10.8. The summed E-state index contributed by atoms with van der Waals surface area (Å²) in [7, 11) is 0. The topological polar surface area (TPSA) is 104 Å². The number of nitrogens with two attached hydrogens (primary N) is 1. The Hall–Kier alpha value is -2.24. The Labute approximate surface area is 252 Å². The van der Waals surface area contributed by atoms with Gasteiger partial charge in [0, 0.05) is 29.0 Å². The number of hydrogen-bond donors (Lipinski definition) is 1. The molecule has 5 aliphatic carbocycles. The van der Waals surface area contributed by atoms with Crippen molar-refractivity contribution in [2.45, 2.75) is 119 Å². The summed E-state index contributed by atoms with van der Waals surface area (Å²) in [6.07, 6.45) is 11.3. The highest BCUT2D eigenvalue weighted by Gasteiger charge is 2.61. The zero-order valence-electron chi connectivity index (χ0n) is 27.0. The van der Waals surface area contributed by atoms with Crippen molar-refractivity contribution >= 4 is 23.8 Å². The van der Waals surface area contributed by atoms with Crippen molar-refractivity contribution in [1.29, 1.82) is 0 Å². The van der Waals surface area contributed by atoms with Crippen molar-refractivity contribution in [1.82, 2.24) is 0 Å². The lowest BCUT2D eigenvalue weighted by atomic mass is 9.42. The van der Waals surface area contributed by atoms with Gasteiger partial charge in [0.1, 0.15) is 12.4 Å². The van der Waals surface area contributed by atoms with Crippen LogP contribution in [-0.4, -0.2) is 29.9 Å². The molecule has 0 saturated heterocycles. The van der Waals surface area contributed by atoms with E-state index < -0.39 is 10.8 Å². The van der Waals surface area contributed by atoms with Gasteiger partial charge in [-0.25, -0.2) is 0 Å². The number of carbonyl (C=O) groups is 4. The fraction of sp³-hybridized carbons (Fsp3) is 0.778. The van der Waals surface area contributed by atoms with Crippen LogP contribution in [0.3, 0.4) is 0 Å². The Morgan fingerprint density at radius 3 is 2.38 bits per heavy atom. The summed E-state index contributed by atoms with van der Waals surface area (Å²) in [4.78, 5) is 49.7. The van der Waals surface area contributed by atoms with Crippen molar-refractivity contribution < 1.29 is 23.9 Å². The van der Waals surface area contributed by atoms with E-state index in [0.717, 1.165) is 56.8 Å². The standard InChI is InChI=1S/C36H53NO5/c1-20(2)32-28(40)17-36(30(37)16-21(3)39)15-12-23-24-8-10-26-22(4)29(42-31(41)18-34(5,6)19-38)13-14-35(26,7)27(24)11-9-25(23)33(32)36/h16,19-20,22-27,29H,8-15,17-18,37H2,1-7H3/b30-16-. The summed E-state index contributed by atoms with van der Waals surface area (Å²) in [6.45, 7) is 14.2. The molecule has 5 aliphatic rings. The third kappa shape index (κ3) is 5.03. The smallest absolute Gasteiger partial charge is 0.307 e. The van der Waals surface area contributed by atoms with Crippen molar-refractivity contribution in [2.24, 2.45) is 63.4 Å². The van der Waals surface area contributed by atoms with E-state index in [9.17, 15) is 19.2 Å². The van der Waals surface area contributed by atoms with Gasteiger partial charge in [0.2, 0.25) is 0 Å². The van der Waals surface area contributed by atoms with E-state index in [1.165, 1.54) is 12.0 Å². The van der Waals surface area contributed by atoms with Crippen LogP contribution in [0.25, 0.3) is 0 Å². The average Bonchev–Trinajstić information content (AvgIpc) is 3.23. The number of esters is 1. The number of rotatable bonds is 7. The van der Waals surface area contributed by atoms with Gasteiger partial charge >= 0.3 is 5.97 Å². The van der Waals surface area contributed by atoms with Crippen LogP contribution in [-0.2, 0) is 23.9 Å². The largest absolute Gasteiger partial charge is 0.462 e. The second kappa shape index (κ2) is 11.0. The number of aldehydes is 1. The molecule has 4 fully saturated rings. The van der Waals surface area contributed by atoms with Crippen LogP contribution in [0.1, 0.15) is 113 Å². The normalized spacial score (nSPS) is 40.1. The number of ether oxygens (including phenoxy) is 1. The Kier molecular flexibility index (Phi) is 8.20. The molecular formula is C36H53NO5. The predicted molar refractivity (Wildman–Crippen MR) is 163 cm³/mol. The first kappa shape index (κ1) is 31.2. The van der Waals surface area contributed by atoms with Crippen LogP contribution in [0.2, 0.25) is 0 Å². The van der Waals surface area contributed by atoms with Gasteiger partial charge in [-0.15, -0.1) is 0 Å². The maximum Gasteiger partial charge on any atom is 0.307 e. The molecule has 232 valence electrons. The van der Waals surface area contributed by atoms with Gasteiger partial charge in [0.15, 0.2) is 11.6 Å². The SMILES string of the molecule is CC(=O)/C=C(\N)C12CCC3C(CCC4C3CCC3C(C)C(OC(=O)CC(C)(C)C=O)CCC34C)C1=C(C(C)C)C(=O)C2. The minimum Gasteiger partial charge on any atom is -0.462 e. The van der Waals surface area contributed by atoms with Gasteiger partial charge in [-0.2, -0.15) is 0 Å². The molecule has 2 N–H and O–H groups in total. The Morgan fingerprint density at radius 1 is 1.05 bits per heavy atom. The molecule has 42 heavy (non-hydrogen) atoms. The minimum atomic E-state index is -0.695. The van der Waals surface area contributed by atoms with Gasteiger partial charge in [-0.3, -0.25) is 14.4 Å². The molecule has 0 aliphatic heterocycles. The number of allylic oxidation sites excluding steroid dienone is 3. The van der Waals surface area contributed by atoms with E-state index >= 15 is 0 Å². The molecular weight excluding hydrogens is 526 g/mol. The fourth-order valence-electron chi connectivity index (χ4n) is 10.8. The number of hydrogen-bond acceptors (Lipinski definition) is 6. The molecule has 0 radical (unpaired) electrons. The zero-order chi connectivity index (χ0) is 30.8. The molecule has 6 nitrogen and oxygen atoms in total. The average molecular weight is 580 g/mol. The second-order valence-corrected chi connectivity index (χ2v) is 15.9.